The summed E-state index contributed by atoms with van der Waals surface area (Å²) >= 11 is 0. The van der Waals surface area contributed by atoms with E-state index in [0.717, 1.165) is 55.2 Å². The van der Waals surface area contributed by atoms with Crippen LogP contribution in [0.5, 0.6) is 0 Å². The molecular formula is C40H48N4O4. The highest BCUT2D eigenvalue weighted by Gasteiger charge is 2.39. The van der Waals surface area contributed by atoms with E-state index < -0.39 is 17.7 Å². The van der Waals surface area contributed by atoms with Crippen LogP contribution in [0, 0.1) is 0 Å². The molecule has 0 radical (unpaired) electrons. The van der Waals surface area contributed by atoms with E-state index in [4.69, 9.17) is 4.74 Å². The Balaban J connectivity index is 1.06. The van der Waals surface area contributed by atoms with Crippen molar-refractivity contribution < 1.29 is 19.1 Å². The van der Waals surface area contributed by atoms with Gasteiger partial charge in [0.2, 0.25) is 11.8 Å². The summed E-state index contributed by atoms with van der Waals surface area (Å²) in [5.74, 6) is 0.0847. The van der Waals surface area contributed by atoms with Gasteiger partial charge in [0.05, 0.1) is 24.7 Å². The van der Waals surface area contributed by atoms with E-state index >= 15 is 0 Å². The maximum atomic E-state index is 13.9. The van der Waals surface area contributed by atoms with Gasteiger partial charge in [-0.05, 0) is 111 Å². The van der Waals surface area contributed by atoms with Gasteiger partial charge in [0.15, 0.2) is 0 Å². The first-order valence-electron chi connectivity index (χ1n) is 17.7. The lowest BCUT2D eigenvalue weighted by Gasteiger charge is -2.38. The van der Waals surface area contributed by atoms with Gasteiger partial charge in [-0.15, -0.1) is 0 Å². The first kappa shape index (κ1) is 32.4. The minimum absolute atomic E-state index is 0.0581. The van der Waals surface area contributed by atoms with E-state index in [2.05, 4.69) is 70.5 Å². The van der Waals surface area contributed by atoms with Gasteiger partial charge in [0.1, 0.15) is 11.6 Å². The molecule has 3 aromatic rings. The molecule has 48 heavy (non-hydrogen) atoms. The van der Waals surface area contributed by atoms with Gasteiger partial charge in [0.25, 0.3) is 0 Å². The second kappa shape index (κ2) is 13.4. The van der Waals surface area contributed by atoms with Gasteiger partial charge in [-0.25, -0.2) is 4.79 Å². The standard InChI is InChI=1S/C40H48N4O4/c1-40(2,3)48-39(47)44-24-30-20-27(29-21-35(41-23-29)37(45)42-33-16-8-12-25-10-4-6-14-31(25)33)18-19-28(30)22-36(44)38(46)43-34-17-9-13-26-11-5-7-15-32(26)34/h4-7,10-11,14-15,18-20,29,33-36,41H,8-9,12-13,16-17,21-24H2,1-3H3,(H,42,45)(H,43,46)/t29-,33+,34+,35-,36-/m0/s1. The van der Waals surface area contributed by atoms with Crippen LogP contribution in [0.4, 0.5) is 4.79 Å². The maximum absolute atomic E-state index is 13.9. The first-order chi connectivity index (χ1) is 23.1. The van der Waals surface area contributed by atoms with Crippen molar-refractivity contribution >= 4 is 17.9 Å². The van der Waals surface area contributed by atoms with Crippen LogP contribution in [0.2, 0.25) is 0 Å². The second-order valence-corrected chi connectivity index (χ2v) is 15.1. The molecular weight excluding hydrogens is 600 g/mol. The Morgan fingerprint density at radius 1 is 0.792 bits per heavy atom. The number of rotatable bonds is 5. The van der Waals surface area contributed by atoms with Gasteiger partial charge in [-0.3, -0.25) is 14.5 Å². The van der Waals surface area contributed by atoms with Gasteiger partial charge in [-0.2, -0.15) is 0 Å². The van der Waals surface area contributed by atoms with Crippen LogP contribution < -0.4 is 16.0 Å². The molecule has 4 aliphatic rings. The fourth-order valence-electron chi connectivity index (χ4n) is 8.14. The molecule has 0 unspecified atom stereocenters. The van der Waals surface area contributed by atoms with Crippen LogP contribution >= 0.6 is 0 Å². The Morgan fingerprint density at radius 3 is 2.06 bits per heavy atom. The third-order valence-corrected chi connectivity index (χ3v) is 10.6. The van der Waals surface area contributed by atoms with Crippen molar-refractivity contribution in [2.24, 2.45) is 0 Å². The zero-order valence-electron chi connectivity index (χ0n) is 28.4. The van der Waals surface area contributed by atoms with Crippen LogP contribution in [0.25, 0.3) is 0 Å². The van der Waals surface area contributed by atoms with E-state index in [1.165, 1.54) is 22.3 Å². The lowest BCUT2D eigenvalue weighted by Crippen LogP contribution is -2.54. The number of benzene rings is 3. The normalized spacial score (nSPS) is 24.9. The smallest absolute Gasteiger partial charge is 0.411 e. The maximum Gasteiger partial charge on any atom is 0.411 e. The number of fused-ring (bicyclic) bond motifs is 3. The Labute approximate surface area is 284 Å². The summed E-state index contributed by atoms with van der Waals surface area (Å²) in [4.78, 5) is 42.6. The fourth-order valence-corrected chi connectivity index (χ4v) is 8.14. The largest absolute Gasteiger partial charge is 0.444 e. The second-order valence-electron chi connectivity index (χ2n) is 15.1. The average molecular weight is 649 g/mol. The third-order valence-electron chi connectivity index (χ3n) is 10.6. The Morgan fingerprint density at radius 2 is 1.42 bits per heavy atom. The van der Waals surface area contributed by atoms with Crippen molar-refractivity contribution in [1.82, 2.24) is 20.9 Å². The predicted molar refractivity (Wildman–Crippen MR) is 185 cm³/mol. The van der Waals surface area contributed by atoms with E-state index in [0.29, 0.717) is 25.9 Å². The van der Waals surface area contributed by atoms with E-state index in [-0.39, 0.29) is 35.9 Å². The Kier molecular flexibility index (Phi) is 9.03. The molecule has 8 nitrogen and oxygen atoms in total. The first-order valence-corrected chi connectivity index (χ1v) is 17.7. The zero-order chi connectivity index (χ0) is 33.4. The summed E-state index contributed by atoms with van der Waals surface area (Å²) in [6, 6.07) is 22.2. The van der Waals surface area contributed by atoms with Crippen molar-refractivity contribution in [2.45, 2.75) is 114 Å². The predicted octanol–water partition coefficient (Wildman–Crippen LogP) is 6.18. The van der Waals surface area contributed by atoms with Crippen LogP contribution in [0.15, 0.2) is 66.7 Å². The van der Waals surface area contributed by atoms with Crippen LogP contribution in [0.3, 0.4) is 0 Å². The summed E-state index contributed by atoms with van der Waals surface area (Å²) in [6.07, 6.45) is 6.67. The number of nitrogens with zero attached hydrogens (tertiary/aromatic N) is 1. The van der Waals surface area contributed by atoms with E-state index in [9.17, 15) is 14.4 Å². The number of ether oxygens (including phenoxy) is 1. The molecule has 0 bridgehead atoms. The van der Waals surface area contributed by atoms with Crippen LogP contribution in [0.1, 0.15) is 110 Å². The van der Waals surface area contributed by atoms with Crippen molar-refractivity contribution in [3.63, 3.8) is 0 Å². The molecule has 0 aromatic heterocycles. The fraction of sp³-hybridized carbons (Fsp3) is 0.475. The van der Waals surface area contributed by atoms with Gasteiger partial charge in [0, 0.05) is 13.0 Å². The average Bonchev–Trinajstić information content (AvgIpc) is 3.58. The molecule has 0 saturated carbocycles. The number of hydrogen-bond acceptors (Lipinski definition) is 5. The van der Waals surface area contributed by atoms with Gasteiger partial charge in [-0.1, -0.05) is 66.7 Å². The number of carbonyl (C=O) groups excluding carboxylic acids is 3. The third kappa shape index (κ3) is 6.86. The lowest BCUT2D eigenvalue weighted by atomic mass is 9.86. The summed E-state index contributed by atoms with van der Waals surface area (Å²) in [5.41, 5.74) is 7.57. The Hall–Kier alpha value is -4.17. The molecule has 1 fully saturated rings. The van der Waals surface area contributed by atoms with Crippen LogP contribution in [-0.4, -0.2) is 47.0 Å². The van der Waals surface area contributed by atoms with Crippen molar-refractivity contribution in [3.05, 3.63) is 106 Å². The topological polar surface area (TPSA) is 99.8 Å². The molecule has 7 rings (SSSR count). The van der Waals surface area contributed by atoms with E-state index in [1.54, 1.807) is 4.90 Å². The summed E-state index contributed by atoms with van der Waals surface area (Å²) in [6.45, 7) is 6.55. The quantitative estimate of drug-likeness (QED) is 0.307. The minimum Gasteiger partial charge on any atom is -0.444 e. The van der Waals surface area contributed by atoms with E-state index in [1.807, 2.05) is 32.9 Å². The molecule has 2 heterocycles. The molecule has 0 spiro atoms. The van der Waals surface area contributed by atoms with Crippen molar-refractivity contribution in [3.8, 4) is 0 Å². The molecule has 2 aliphatic carbocycles. The SMILES string of the molecule is CC(C)(C)OC(=O)N1Cc2cc([C@@H]3CN[C@H](C(=O)N[C@@H]4CCCc5ccccc54)C3)ccc2C[C@H]1C(=O)N[C@@H]1CCCc2ccccc21. The number of nitrogens with one attached hydrogen (secondary N) is 3. The highest BCUT2D eigenvalue weighted by atomic mass is 16.6. The zero-order valence-corrected chi connectivity index (χ0v) is 28.4. The highest BCUT2D eigenvalue weighted by Crippen LogP contribution is 2.35. The molecule has 8 heteroatoms. The number of carbonyl (C=O) groups is 3. The number of amides is 3. The van der Waals surface area contributed by atoms with Gasteiger partial charge >= 0.3 is 6.09 Å². The molecule has 5 atom stereocenters. The molecule has 252 valence electrons. The highest BCUT2D eigenvalue weighted by molar-refractivity contribution is 5.87. The van der Waals surface area contributed by atoms with Gasteiger partial charge < -0.3 is 20.7 Å². The van der Waals surface area contributed by atoms with Crippen molar-refractivity contribution in [1.29, 1.82) is 0 Å². The molecule has 1 saturated heterocycles. The summed E-state index contributed by atoms with van der Waals surface area (Å²) in [7, 11) is 0. The summed E-state index contributed by atoms with van der Waals surface area (Å²) < 4.78 is 5.83. The van der Waals surface area contributed by atoms with Crippen LogP contribution in [-0.2, 0) is 40.1 Å². The number of hydrogen-bond donors (Lipinski definition) is 3. The Bertz CT molecular complexity index is 1700. The lowest BCUT2D eigenvalue weighted by molar-refractivity contribution is -0.128. The molecule has 3 N–H and O–H groups in total. The number of aryl methyl sites for hydroxylation is 2. The molecule has 3 aromatic carbocycles. The molecule has 2 aliphatic heterocycles. The monoisotopic (exact) mass is 648 g/mol. The molecule has 3 amide bonds. The summed E-state index contributed by atoms with van der Waals surface area (Å²) in [5, 5.41) is 10.1. The van der Waals surface area contributed by atoms with Crippen molar-refractivity contribution in [2.75, 3.05) is 6.54 Å². The minimum atomic E-state index is -0.687.